The fourth-order valence-electron chi connectivity index (χ4n) is 2.14. The standard InChI is InChI=1S/C15H11F13O2/c1-30-8-4-2-3-7(5-8)9(29)6-10(16,17)11(18,19)12(20,21)13(22,23)14(24,25)15(26,27)28/h2-5,9,29H,6H2,1H3. The van der Waals surface area contributed by atoms with Crippen LogP contribution in [0, 0.1) is 0 Å². The third-order valence-corrected chi connectivity index (χ3v) is 3.93. The summed E-state index contributed by atoms with van der Waals surface area (Å²) >= 11 is 0. The van der Waals surface area contributed by atoms with E-state index in [0.29, 0.717) is 0 Å². The summed E-state index contributed by atoms with van der Waals surface area (Å²) in [6.45, 7) is 0. The minimum absolute atomic E-state index is 0.136. The van der Waals surface area contributed by atoms with E-state index in [0.717, 1.165) is 25.3 Å². The molecule has 0 amide bonds. The zero-order valence-corrected chi connectivity index (χ0v) is 14.4. The molecule has 1 atom stereocenters. The second-order valence-electron chi connectivity index (χ2n) is 6.00. The highest BCUT2D eigenvalue weighted by atomic mass is 19.4. The van der Waals surface area contributed by atoms with Gasteiger partial charge in [0.05, 0.1) is 13.2 Å². The van der Waals surface area contributed by atoms with Gasteiger partial charge in [-0.05, 0) is 17.7 Å². The molecule has 1 aromatic rings. The van der Waals surface area contributed by atoms with E-state index in [1.807, 2.05) is 0 Å². The number of methoxy groups -OCH3 is 1. The molecule has 2 nitrogen and oxygen atoms in total. The van der Waals surface area contributed by atoms with Gasteiger partial charge in [-0.3, -0.25) is 0 Å². The van der Waals surface area contributed by atoms with Crippen LogP contribution in [0.25, 0.3) is 0 Å². The second-order valence-corrected chi connectivity index (χ2v) is 6.00. The number of benzene rings is 1. The first-order valence-electron chi connectivity index (χ1n) is 7.45. The maximum atomic E-state index is 13.8. The van der Waals surface area contributed by atoms with E-state index in [-0.39, 0.29) is 5.75 Å². The molecule has 0 aromatic heterocycles. The van der Waals surface area contributed by atoms with E-state index in [9.17, 15) is 62.2 Å². The Bertz CT molecular complexity index is 742. The monoisotopic (exact) mass is 470 g/mol. The largest absolute Gasteiger partial charge is 0.497 e. The van der Waals surface area contributed by atoms with Gasteiger partial charge in [0.1, 0.15) is 5.75 Å². The van der Waals surface area contributed by atoms with Gasteiger partial charge in [0.25, 0.3) is 0 Å². The molecule has 1 unspecified atom stereocenters. The fourth-order valence-corrected chi connectivity index (χ4v) is 2.14. The lowest BCUT2D eigenvalue weighted by molar-refractivity contribution is -0.440. The van der Waals surface area contributed by atoms with Gasteiger partial charge < -0.3 is 9.84 Å². The van der Waals surface area contributed by atoms with E-state index >= 15 is 0 Å². The van der Waals surface area contributed by atoms with Gasteiger partial charge in [0.15, 0.2) is 0 Å². The molecule has 174 valence electrons. The quantitative estimate of drug-likeness (QED) is 0.483. The summed E-state index contributed by atoms with van der Waals surface area (Å²) in [5, 5.41) is 9.57. The van der Waals surface area contributed by atoms with Gasteiger partial charge in [-0.1, -0.05) is 12.1 Å². The molecule has 0 aliphatic carbocycles. The molecular weight excluding hydrogens is 459 g/mol. The van der Waals surface area contributed by atoms with Crippen molar-refractivity contribution in [2.24, 2.45) is 0 Å². The normalized spacial score (nSPS) is 15.8. The summed E-state index contributed by atoms with van der Waals surface area (Å²) in [5.74, 6) is -37.6. The first-order valence-corrected chi connectivity index (χ1v) is 7.45. The molecule has 0 aliphatic heterocycles. The summed E-state index contributed by atoms with van der Waals surface area (Å²) in [6, 6.07) is 3.78. The summed E-state index contributed by atoms with van der Waals surface area (Å²) < 4.78 is 174. The number of aliphatic hydroxyl groups is 1. The fraction of sp³-hybridized carbons (Fsp3) is 0.600. The number of alkyl halides is 13. The Balaban J connectivity index is 3.34. The molecule has 0 saturated carbocycles. The van der Waals surface area contributed by atoms with E-state index in [1.165, 1.54) is 6.07 Å². The third-order valence-electron chi connectivity index (χ3n) is 3.93. The Hall–Kier alpha value is -1.93. The van der Waals surface area contributed by atoms with E-state index in [4.69, 9.17) is 0 Å². The average Bonchev–Trinajstić information content (AvgIpc) is 2.59. The van der Waals surface area contributed by atoms with Gasteiger partial charge in [-0.25, -0.2) is 0 Å². The first kappa shape index (κ1) is 26.1. The van der Waals surface area contributed by atoms with Gasteiger partial charge >= 0.3 is 35.8 Å². The van der Waals surface area contributed by atoms with Gasteiger partial charge in [0.2, 0.25) is 0 Å². The smallest absolute Gasteiger partial charge is 0.460 e. The topological polar surface area (TPSA) is 29.5 Å². The lowest BCUT2D eigenvalue weighted by Crippen LogP contribution is -2.70. The first-order chi connectivity index (χ1) is 13.2. The molecule has 0 heterocycles. The molecule has 15 heteroatoms. The van der Waals surface area contributed by atoms with E-state index in [1.54, 1.807) is 0 Å². The highest BCUT2D eigenvalue weighted by molar-refractivity contribution is 5.30. The average molecular weight is 470 g/mol. The Morgan fingerprint density at radius 2 is 1.23 bits per heavy atom. The molecule has 1 aromatic carbocycles. The predicted octanol–water partition coefficient (Wildman–Crippen LogP) is 5.86. The maximum Gasteiger partial charge on any atom is 0.460 e. The number of ether oxygens (including phenoxy) is 1. The van der Waals surface area contributed by atoms with Gasteiger partial charge in [-0.2, -0.15) is 57.1 Å². The van der Waals surface area contributed by atoms with Crippen LogP contribution in [0.2, 0.25) is 0 Å². The number of hydrogen-bond acceptors (Lipinski definition) is 2. The molecular formula is C15H11F13O2. The number of halogens is 13. The molecule has 0 saturated heterocycles. The SMILES string of the molecule is COc1cccc(C(O)CC(F)(F)C(F)(F)C(F)(F)C(F)(F)C(F)(F)C(F)(F)F)c1. The van der Waals surface area contributed by atoms with Crippen LogP contribution in [-0.2, 0) is 0 Å². The predicted molar refractivity (Wildman–Crippen MR) is 73.4 cm³/mol. The molecule has 30 heavy (non-hydrogen) atoms. The van der Waals surface area contributed by atoms with Gasteiger partial charge in [-0.15, -0.1) is 0 Å². The minimum atomic E-state index is -7.97. The van der Waals surface area contributed by atoms with Crippen molar-refractivity contribution in [3.63, 3.8) is 0 Å². The number of hydrogen-bond donors (Lipinski definition) is 1. The van der Waals surface area contributed by atoms with E-state index in [2.05, 4.69) is 4.74 Å². The Labute approximate surface area is 159 Å². The van der Waals surface area contributed by atoms with Crippen LogP contribution in [0.3, 0.4) is 0 Å². The highest BCUT2D eigenvalue weighted by Gasteiger charge is 2.90. The van der Waals surface area contributed by atoms with Crippen LogP contribution in [0.1, 0.15) is 18.1 Å². The molecule has 0 aliphatic rings. The molecule has 1 N–H and O–H groups in total. The maximum absolute atomic E-state index is 13.8. The minimum Gasteiger partial charge on any atom is -0.497 e. The zero-order valence-electron chi connectivity index (χ0n) is 14.4. The van der Waals surface area contributed by atoms with Crippen molar-refractivity contribution in [2.75, 3.05) is 7.11 Å². The lowest BCUT2D eigenvalue weighted by atomic mass is 9.90. The van der Waals surface area contributed by atoms with Crippen molar-refractivity contribution in [1.82, 2.24) is 0 Å². The molecule has 0 bridgehead atoms. The van der Waals surface area contributed by atoms with Crippen LogP contribution in [-0.4, -0.2) is 48.0 Å². The Morgan fingerprint density at radius 3 is 1.67 bits per heavy atom. The number of aliphatic hydroxyl groups excluding tert-OH is 1. The number of rotatable bonds is 8. The van der Waals surface area contributed by atoms with Crippen molar-refractivity contribution < 1.29 is 66.9 Å². The van der Waals surface area contributed by atoms with Crippen molar-refractivity contribution in [3.05, 3.63) is 29.8 Å². The van der Waals surface area contributed by atoms with Gasteiger partial charge in [0, 0.05) is 6.42 Å². The lowest BCUT2D eigenvalue weighted by Gasteiger charge is -2.40. The summed E-state index contributed by atoms with van der Waals surface area (Å²) in [7, 11) is 1.05. The molecule has 0 radical (unpaired) electrons. The van der Waals surface area contributed by atoms with Crippen molar-refractivity contribution in [2.45, 2.75) is 48.3 Å². The van der Waals surface area contributed by atoms with E-state index < -0.39 is 53.9 Å². The van der Waals surface area contributed by atoms with Crippen molar-refractivity contribution in [3.8, 4) is 5.75 Å². The van der Waals surface area contributed by atoms with Crippen molar-refractivity contribution in [1.29, 1.82) is 0 Å². The summed E-state index contributed by atoms with van der Waals surface area (Å²) in [6.07, 6.45) is -12.9. The summed E-state index contributed by atoms with van der Waals surface area (Å²) in [5.41, 5.74) is -0.652. The Morgan fingerprint density at radius 1 is 0.767 bits per heavy atom. The summed E-state index contributed by atoms with van der Waals surface area (Å²) in [4.78, 5) is 0. The molecule has 0 spiro atoms. The zero-order chi connectivity index (χ0) is 24.0. The molecule has 1 rings (SSSR count). The van der Waals surface area contributed by atoms with Crippen LogP contribution in [0.4, 0.5) is 57.1 Å². The third kappa shape index (κ3) is 3.99. The Kier molecular flexibility index (Phi) is 6.65. The second kappa shape index (κ2) is 7.64. The van der Waals surface area contributed by atoms with Crippen LogP contribution >= 0.6 is 0 Å². The molecule has 0 fully saturated rings. The van der Waals surface area contributed by atoms with Crippen LogP contribution in [0.5, 0.6) is 5.75 Å². The van der Waals surface area contributed by atoms with Crippen molar-refractivity contribution >= 4 is 0 Å². The van der Waals surface area contributed by atoms with Crippen LogP contribution in [0.15, 0.2) is 24.3 Å². The highest BCUT2D eigenvalue weighted by Crippen LogP contribution is 2.61. The van der Waals surface area contributed by atoms with Crippen LogP contribution < -0.4 is 4.74 Å².